The molecule has 3 aliphatic heterocycles. The van der Waals surface area contributed by atoms with Gasteiger partial charge in [0.15, 0.2) is 0 Å². The number of methoxy groups -OCH3 is 1. The number of aryl methyl sites for hydroxylation is 1. The zero-order valence-corrected chi connectivity index (χ0v) is 16.2. The summed E-state index contributed by atoms with van der Waals surface area (Å²) in [7, 11) is 1.75. The predicted molar refractivity (Wildman–Crippen MR) is 105 cm³/mol. The molecule has 0 spiro atoms. The van der Waals surface area contributed by atoms with Crippen LogP contribution in [0.5, 0.6) is 0 Å². The summed E-state index contributed by atoms with van der Waals surface area (Å²) in [5, 5.41) is 0. The molecule has 144 valence electrons. The first-order valence-corrected chi connectivity index (χ1v) is 9.83. The average Bonchev–Trinajstić information content (AvgIpc) is 2.93. The SMILES string of the molecule is COCCN1C[C@@H]2CC[C@H]1CN(C(=O)c1ccc(-c3ccc(C)o3)cc1)C2. The number of piperidine rings is 1. The van der Waals surface area contributed by atoms with Crippen molar-refractivity contribution in [1.29, 1.82) is 0 Å². The van der Waals surface area contributed by atoms with Crippen molar-refractivity contribution in [3.63, 3.8) is 0 Å². The Kier molecular flexibility index (Phi) is 5.32. The van der Waals surface area contributed by atoms with Gasteiger partial charge < -0.3 is 14.1 Å². The van der Waals surface area contributed by atoms with Gasteiger partial charge in [0.25, 0.3) is 5.91 Å². The fraction of sp³-hybridized carbons (Fsp3) is 0.500. The summed E-state index contributed by atoms with van der Waals surface area (Å²) in [5.41, 5.74) is 1.76. The minimum Gasteiger partial charge on any atom is -0.461 e. The van der Waals surface area contributed by atoms with Gasteiger partial charge in [-0.3, -0.25) is 9.69 Å². The first kappa shape index (κ1) is 18.3. The van der Waals surface area contributed by atoms with Crippen molar-refractivity contribution >= 4 is 5.91 Å². The quantitative estimate of drug-likeness (QED) is 0.811. The van der Waals surface area contributed by atoms with Gasteiger partial charge in [-0.15, -0.1) is 0 Å². The highest BCUT2D eigenvalue weighted by Gasteiger charge is 2.36. The van der Waals surface area contributed by atoms with Gasteiger partial charge in [-0.05, 0) is 49.9 Å². The van der Waals surface area contributed by atoms with E-state index in [1.54, 1.807) is 7.11 Å². The average molecular weight is 368 g/mol. The number of fused-ring (bicyclic) bond motifs is 4. The first-order chi connectivity index (χ1) is 13.1. The van der Waals surface area contributed by atoms with Gasteiger partial charge in [0.1, 0.15) is 11.5 Å². The molecule has 2 bridgehead atoms. The lowest BCUT2D eigenvalue weighted by Gasteiger charge is -2.35. The molecule has 1 aromatic carbocycles. The third kappa shape index (κ3) is 3.94. The molecule has 27 heavy (non-hydrogen) atoms. The number of amides is 1. The molecule has 2 aromatic rings. The van der Waals surface area contributed by atoms with E-state index in [1.807, 2.05) is 43.3 Å². The second-order valence-electron chi connectivity index (χ2n) is 7.78. The van der Waals surface area contributed by atoms with Crippen molar-refractivity contribution in [2.24, 2.45) is 5.92 Å². The molecule has 2 atom stereocenters. The van der Waals surface area contributed by atoms with Gasteiger partial charge in [0, 0.05) is 50.5 Å². The Labute approximate surface area is 160 Å². The van der Waals surface area contributed by atoms with Crippen LogP contribution in [0.25, 0.3) is 11.3 Å². The maximum absolute atomic E-state index is 13.1. The molecule has 3 aliphatic rings. The second-order valence-corrected chi connectivity index (χ2v) is 7.78. The summed E-state index contributed by atoms with van der Waals surface area (Å²) in [6.07, 6.45) is 2.39. The van der Waals surface area contributed by atoms with Crippen molar-refractivity contribution in [2.75, 3.05) is 39.9 Å². The van der Waals surface area contributed by atoms with Crippen molar-refractivity contribution in [3.05, 3.63) is 47.7 Å². The fourth-order valence-electron chi connectivity index (χ4n) is 4.38. The van der Waals surface area contributed by atoms with Crippen LogP contribution >= 0.6 is 0 Å². The monoisotopic (exact) mass is 368 g/mol. The number of nitrogens with zero attached hydrogens (tertiary/aromatic N) is 2. The largest absolute Gasteiger partial charge is 0.461 e. The molecular weight excluding hydrogens is 340 g/mol. The van der Waals surface area contributed by atoms with Crippen LogP contribution < -0.4 is 0 Å². The number of carbonyl (C=O) groups is 1. The van der Waals surface area contributed by atoms with Gasteiger partial charge in [-0.25, -0.2) is 0 Å². The molecule has 0 N–H and O–H groups in total. The summed E-state index contributed by atoms with van der Waals surface area (Å²) >= 11 is 0. The maximum Gasteiger partial charge on any atom is 0.253 e. The number of benzene rings is 1. The molecule has 4 heterocycles. The molecule has 3 fully saturated rings. The molecule has 0 saturated carbocycles. The molecule has 0 unspecified atom stereocenters. The molecule has 5 nitrogen and oxygen atoms in total. The second kappa shape index (κ2) is 7.87. The molecule has 1 amide bonds. The van der Waals surface area contributed by atoms with Gasteiger partial charge in [-0.1, -0.05) is 12.1 Å². The van der Waals surface area contributed by atoms with Crippen LogP contribution in [0.1, 0.15) is 29.0 Å². The van der Waals surface area contributed by atoms with Crippen LogP contribution in [0.4, 0.5) is 0 Å². The minimum absolute atomic E-state index is 0.141. The Bertz CT molecular complexity index is 783. The Morgan fingerprint density at radius 2 is 1.93 bits per heavy atom. The third-order valence-electron chi connectivity index (χ3n) is 5.85. The summed E-state index contributed by atoms with van der Waals surface area (Å²) in [5.74, 6) is 2.44. The van der Waals surface area contributed by atoms with Crippen LogP contribution in [0.3, 0.4) is 0 Å². The highest BCUT2D eigenvalue weighted by atomic mass is 16.5. The van der Waals surface area contributed by atoms with Crippen molar-refractivity contribution in [3.8, 4) is 11.3 Å². The van der Waals surface area contributed by atoms with Gasteiger partial charge in [0.05, 0.1) is 6.61 Å². The fourth-order valence-corrected chi connectivity index (χ4v) is 4.38. The number of rotatable bonds is 5. The molecule has 5 rings (SSSR count). The van der Waals surface area contributed by atoms with Crippen LogP contribution in [0.15, 0.2) is 40.8 Å². The van der Waals surface area contributed by atoms with Gasteiger partial charge >= 0.3 is 0 Å². The maximum atomic E-state index is 13.1. The van der Waals surface area contributed by atoms with Gasteiger partial charge in [0.2, 0.25) is 0 Å². The lowest BCUT2D eigenvalue weighted by molar-refractivity contribution is 0.0718. The third-order valence-corrected chi connectivity index (χ3v) is 5.85. The van der Waals surface area contributed by atoms with E-state index in [9.17, 15) is 4.79 Å². The zero-order valence-electron chi connectivity index (χ0n) is 16.2. The lowest BCUT2D eigenvalue weighted by Crippen LogP contribution is -2.45. The Balaban J connectivity index is 1.46. The van der Waals surface area contributed by atoms with E-state index in [-0.39, 0.29) is 5.91 Å². The van der Waals surface area contributed by atoms with E-state index in [0.29, 0.717) is 12.0 Å². The number of furan rings is 1. The van der Waals surface area contributed by atoms with E-state index >= 15 is 0 Å². The molecule has 3 saturated heterocycles. The van der Waals surface area contributed by atoms with E-state index in [1.165, 1.54) is 12.8 Å². The number of carbonyl (C=O) groups excluding carboxylic acids is 1. The van der Waals surface area contributed by atoms with Gasteiger partial charge in [-0.2, -0.15) is 0 Å². The van der Waals surface area contributed by atoms with Crippen molar-refractivity contribution in [1.82, 2.24) is 9.80 Å². The Morgan fingerprint density at radius 3 is 2.63 bits per heavy atom. The molecule has 1 aromatic heterocycles. The highest BCUT2D eigenvalue weighted by molar-refractivity contribution is 5.94. The predicted octanol–water partition coefficient (Wildman–Crippen LogP) is 3.44. The molecule has 5 heteroatoms. The van der Waals surface area contributed by atoms with E-state index in [4.69, 9.17) is 9.15 Å². The molecule has 0 aliphatic carbocycles. The smallest absolute Gasteiger partial charge is 0.253 e. The van der Waals surface area contributed by atoms with Crippen molar-refractivity contribution < 1.29 is 13.9 Å². The number of hydrogen-bond donors (Lipinski definition) is 0. The van der Waals surface area contributed by atoms with E-state index in [2.05, 4.69) is 9.80 Å². The number of ether oxygens (including phenoxy) is 1. The Morgan fingerprint density at radius 1 is 1.11 bits per heavy atom. The van der Waals surface area contributed by atoms with Crippen LogP contribution in [-0.2, 0) is 4.74 Å². The van der Waals surface area contributed by atoms with Crippen LogP contribution in [0.2, 0.25) is 0 Å². The van der Waals surface area contributed by atoms with Crippen LogP contribution in [0, 0.1) is 12.8 Å². The van der Waals surface area contributed by atoms with E-state index in [0.717, 1.165) is 55.4 Å². The normalized spacial score (nSPS) is 22.8. The topological polar surface area (TPSA) is 45.9 Å². The Hall–Kier alpha value is -2.11. The summed E-state index contributed by atoms with van der Waals surface area (Å²) in [6, 6.07) is 12.2. The molecule has 0 radical (unpaired) electrons. The van der Waals surface area contributed by atoms with E-state index < -0.39 is 0 Å². The lowest BCUT2D eigenvalue weighted by atomic mass is 9.95. The highest BCUT2D eigenvalue weighted by Crippen LogP contribution is 2.29. The number of hydrogen-bond acceptors (Lipinski definition) is 4. The minimum atomic E-state index is 0.141. The summed E-state index contributed by atoms with van der Waals surface area (Å²) in [6.45, 7) is 6.40. The standard InChI is InChI=1S/C22H28N2O3/c1-16-3-10-21(27-16)18-5-7-19(8-6-18)22(25)24-14-17-4-9-20(15-24)23(13-17)11-12-26-2/h3,5-8,10,17,20H,4,9,11-15H2,1-2H3/t17-,20-/m0/s1. The van der Waals surface area contributed by atoms with Crippen molar-refractivity contribution in [2.45, 2.75) is 25.8 Å². The first-order valence-electron chi connectivity index (χ1n) is 9.83. The van der Waals surface area contributed by atoms with Crippen LogP contribution in [-0.4, -0.2) is 61.6 Å². The zero-order chi connectivity index (χ0) is 18.8. The summed E-state index contributed by atoms with van der Waals surface area (Å²) in [4.78, 5) is 17.7. The molecular formula is C22H28N2O3. The summed E-state index contributed by atoms with van der Waals surface area (Å²) < 4.78 is 10.9.